The molecular weight excluding hydrogens is 362 g/mol. The minimum absolute atomic E-state index is 0.121. The first-order valence-corrected chi connectivity index (χ1v) is 9.65. The van der Waals surface area contributed by atoms with Gasteiger partial charge in [0.15, 0.2) is 0 Å². The third-order valence-electron chi connectivity index (χ3n) is 4.64. The van der Waals surface area contributed by atoms with E-state index in [1.165, 1.54) is 0 Å². The normalized spacial score (nSPS) is 10.3. The van der Waals surface area contributed by atoms with E-state index < -0.39 is 0 Å². The number of carbonyl (C=O) groups excluding carboxylic acids is 2. The summed E-state index contributed by atoms with van der Waals surface area (Å²) in [4.78, 5) is 24.7. The molecular formula is C24H25N3O2. The Morgan fingerprint density at radius 1 is 0.828 bits per heavy atom. The molecule has 0 heterocycles. The Hall–Kier alpha value is -3.60. The number of anilines is 3. The van der Waals surface area contributed by atoms with Crippen LogP contribution in [0, 0.1) is 6.92 Å². The lowest BCUT2D eigenvalue weighted by molar-refractivity contribution is -0.114. The van der Waals surface area contributed by atoms with E-state index in [0.717, 1.165) is 28.9 Å². The molecule has 0 aromatic heterocycles. The Bertz CT molecular complexity index is 1000. The van der Waals surface area contributed by atoms with Gasteiger partial charge in [-0.05, 0) is 54.8 Å². The number of nitrogens with one attached hydrogen (secondary N) is 3. The number of carbonyl (C=O) groups is 2. The Morgan fingerprint density at radius 2 is 1.55 bits per heavy atom. The fraction of sp³-hybridized carbons (Fsp3) is 0.167. The van der Waals surface area contributed by atoms with Gasteiger partial charge in [0.05, 0.1) is 6.54 Å². The predicted molar refractivity (Wildman–Crippen MR) is 119 cm³/mol. The van der Waals surface area contributed by atoms with Gasteiger partial charge < -0.3 is 16.0 Å². The second-order valence-corrected chi connectivity index (χ2v) is 6.76. The monoisotopic (exact) mass is 387 g/mol. The average molecular weight is 387 g/mol. The molecule has 0 saturated heterocycles. The molecule has 0 bridgehead atoms. The van der Waals surface area contributed by atoms with E-state index in [9.17, 15) is 9.59 Å². The minimum atomic E-state index is -0.172. The molecule has 2 amide bonds. The van der Waals surface area contributed by atoms with Crippen molar-refractivity contribution in [2.45, 2.75) is 20.3 Å². The third kappa shape index (κ3) is 5.45. The summed E-state index contributed by atoms with van der Waals surface area (Å²) < 4.78 is 0. The topological polar surface area (TPSA) is 70.2 Å². The van der Waals surface area contributed by atoms with Crippen LogP contribution in [0.2, 0.25) is 0 Å². The standard InChI is InChI=1S/C24H25N3O2/c1-3-18-9-7-8-12-21(18)27-23(28)16-25-22-15-20(14-13-17(22)2)26-24(29)19-10-5-4-6-11-19/h4-15,25H,3,16H2,1-2H3,(H,26,29)(H,27,28). The summed E-state index contributed by atoms with van der Waals surface area (Å²) in [5, 5.41) is 9.00. The van der Waals surface area contributed by atoms with Gasteiger partial charge in [-0.3, -0.25) is 9.59 Å². The highest BCUT2D eigenvalue weighted by atomic mass is 16.2. The number of rotatable bonds is 7. The third-order valence-corrected chi connectivity index (χ3v) is 4.64. The maximum absolute atomic E-state index is 12.4. The van der Waals surface area contributed by atoms with Crippen molar-refractivity contribution in [2.75, 3.05) is 22.5 Å². The van der Waals surface area contributed by atoms with Gasteiger partial charge in [-0.25, -0.2) is 0 Å². The Labute approximate surface area is 171 Å². The molecule has 5 nitrogen and oxygen atoms in total. The summed E-state index contributed by atoms with van der Waals surface area (Å²) >= 11 is 0. The van der Waals surface area contributed by atoms with Crippen LogP contribution in [0.5, 0.6) is 0 Å². The molecule has 0 spiro atoms. The van der Waals surface area contributed by atoms with Gasteiger partial charge in [-0.1, -0.05) is 49.4 Å². The van der Waals surface area contributed by atoms with E-state index in [4.69, 9.17) is 0 Å². The van der Waals surface area contributed by atoms with Crippen molar-refractivity contribution in [1.29, 1.82) is 0 Å². The van der Waals surface area contributed by atoms with E-state index in [2.05, 4.69) is 22.9 Å². The summed E-state index contributed by atoms with van der Waals surface area (Å²) in [6.45, 7) is 4.15. The summed E-state index contributed by atoms with van der Waals surface area (Å²) in [5.74, 6) is -0.293. The van der Waals surface area contributed by atoms with Gasteiger partial charge in [0.2, 0.25) is 5.91 Å². The Morgan fingerprint density at radius 3 is 2.31 bits per heavy atom. The smallest absolute Gasteiger partial charge is 0.255 e. The van der Waals surface area contributed by atoms with Crippen LogP contribution in [0.1, 0.15) is 28.4 Å². The molecule has 0 saturated carbocycles. The van der Waals surface area contributed by atoms with Crippen LogP contribution in [0.3, 0.4) is 0 Å². The quantitative estimate of drug-likeness (QED) is 0.542. The highest BCUT2D eigenvalue weighted by molar-refractivity contribution is 6.04. The van der Waals surface area contributed by atoms with Crippen molar-refractivity contribution in [3.8, 4) is 0 Å². The summed E-state index contributed by atoms with van der Waals surface area (Å²) in [6.07, 6.45) is 0.853. The fourth-order valence-electron chi connectivity index (χ4n) is 3.00. The summed E-state index contributed by atoms with van der Waals surface area (Å²) in [6, 6.07) is 22.4. The highest BCUT2D eigenvalue weighted by Crippen LogP contribution is 2.21. The van der Waals surface area contributed by atoms with Crippen LogP contribution >= 0.6 is 0 Å². The Balaban J connectivity index is 1.63. The zero-order valence-corrected chi connectivity index (χ0v) is 16.7. The van der Waals surface area contributed by atoms with Crippen molar-refractivity contribution in [2.24, 2.45) is 0 Å². The SMILES string of the molecule is CCc1ccccc1NC(=O)CNc1cc(NC(=O)c2ccccc2)ccc1C. The number of hydrogen-bond acceptors (Lipinski definition) is 3. The van der Waals surface area contributed by atoms with Crippen LogP contribution in [0.25, 0.3) is 0 Å². The molecule has 5 heteroatoms. The fourth-order valence-corrected chi connectivity index (χ4v) is 3.00. The Kier molecular flexibility index (Phi) is 6.63. The van der Waals surface area contributed by atoms with Crippen LogP contribution in [-0.2, 0) is 11.2 Å². The zero-order valence-electron chi connectivity index (χ0n) is 16.7. The molecule has 0 aliphatic rings. The second kappa shape index (κ2) is 9.55. The number of para-hydroxylation sites is 1. The van der Waals surface area contributed by atoms with Gasteiger partial charge in [-0.2, -0.15) is 0 Å². The molecule has 3 aromatic rings. The lowest BCUT2D eigenvalue weighted by Gasteiger charge is -2.14. The van der Waals surface area contributed by atoms with Crippen molar-refractivity contribution < 1.29 is 9.59 Å². The first-order chi connectivity index (χ1) is 14.1. The molecule has 0 atom stereocenters. The van der Waals surface area contributed by atoms with E-state index >= 15 is 0 Å². The van der Waals surface area contributed by atoms with E-state index in [1.807, 2.05) is 67.6 Å². The molecule has 29 heavy (non-hydrogen) atoms. The second-order valence-electron chi connectivity index (χ2n) is 6.76. The number of aryl methyl sites for hydroxylation is 2. The maximum Gasteiger partial charge on any atom is 0.255 e. The van der Waals surface area contributed by atoms with E-state index in [1.54, 1.807) is 12.1 Å². The zero-order chi connectivity index (χ0) is 20.6. The van der Waals surface area contributed by atoms with Gasteiger partial charge in [0, 0.05) is 22.6 Å². The van der Waals surface area contributed by atoms with Crippen LogP contribution in [-0.4, -0.2) is 18.4 Å². The van der Waals surface area contributed by atoms with Crippen LogP contribution < -0.4 is 16.0 Å². The molecule has 3 aromatic carbocycles. The van der Waals surface area contributed by atoms with Crippen molar-refractivity contribution in [3.05, 3.63) is 89.5 Å². The average Bonchev–Trinajstić information content (AvgIpc) is 2.75. The highest BCUT2D eigenvalue weighted by Gasteiger charge is 2.09. The van der Waals surface area contributed by atoms with Gasteiger partial charge >= 0.3 is 0 Å². The molecule has 0 aliphatic heterocycles. The van der Waals surface area contributed by atoms with Crippen LogP contribution in [0.15, 0.2) is 72.8 Å². The van der Waals surface area contributed by atoms with Crippen molar-refractivity contribution in [3.63, 3.8) is 0 Å². The molecule has 0 aliphatic carbocycles. The van der Waals surface area contributed by atoms with Gasteiger partial charge in [0.1, 0.15) is 0 Å². The minimum Gasteiger partial charge on any atom is -0.376 e. The lowest BCUT2D eigenvalue weighted by atomic mass is 10.1. The summed E-state index contributed by atoms with van der Waals surface area (Å²) in [7, 11) is 0. The van der Waals surface area contributed by atoms with Gasteiger partial charge in [-0.15, -0.1) is 0 Å². The summed E-state index contributed by atoms with van der Waals surface area (Å²) in [5.41, 5.74) is 4.99. The largest absolute Gasteiger partial charge is 0.376 e. The molecule has 3 rings (SSSR count). The molecule has 3 N–H and O–H groups in total. The van der Waals surface area contributed by atoms with Crippen molar-refractivity contribution in [1.82, 2.24) is 0 Å². The number of amides is 2. The molecule has 0 fully saturated rings. The van der Waals surface area contributed by atoms with E-state index in [-0.39, 0.29) is 18.4 Å². The lowest BCUT2D eigenvalue weighted by Crippen LogP contribution is -2.22. The van der Waals surface area contributed by atoms with E-state index in [0.29, 0.717) is 11.3 Å². The molecule has 0 radical (unpaired) electrons. The van der Waals surface area contributed by atoms with Crippen LogP contribution in [0.4, 0.5) is 17.1 Å². The van der Waals surface area contributed by atoms with Crippen molar-refractivity contribution >= 4 is 28.9 Å². The number of hydrogen-bond donors (Lipinski definition) is 3. The first-order valence-electron chi connectivity index (χ1n) is 9.65. The molecule has 148 valence electrons. The molecule has 0 unspecified atom stereocenters. The number of benzene rings is 3. The van der Waals surface area contributed by atoms with Gasteiger partial charge in [0.25, 0.3) is 5.91 Å². The first kappa shape index (κ1) is 20.1. The predicted octanol–water partition coefficient (Wildman–Crippen LogP) is 4.86. The maximum atomic E-state index is 12.4.